The number of thiophene rings is 1. The van der Waals surface area contributed by atoms with E-state index in [-0.39, 0.29) is 5.82 Å². The zero-order valence-corrected chi connectivity index (χ0v) is 23.3. The Morgan fingerprint density at radius 1 is 0.919 bits per heavy atom. The van der Waals surface area contributed by atoms with E-state index >= 15 is 0 Å². The smallest absolute Gasteiger partial charge is 0.179 e. The highest BCUT2D eigenvalue weighted by Gasteiger charge is 2.13. The van der Waals surface area contributed by atoms with Crippen LogP contribution in [0.4, 0.5) is 4.39 Å². The maximum Gasteiger partial charge on any atom is 0.179 e. The van der Waals surface area contributed by atoms with Crippen LogP contribution in [-0.2, 0) is 6.42 Å². The number of hydrogen-bond acceptors (Lipinski definition) is 6. The first kappa shape index (κ1) is 25.3. The monoisotopic (exact) mass is 592 g/mol. The zero-order chi connectivity index (χ0) is 25.8. The van der Waals surface area contributed by atoms with Gasteiger partial charge < -0.3 is 8.83 Å². The Balaban J connectivity index is 0.000000152. The topological polar surface area (TPSA) is 52.1 Å². The van der Waals surface area contributed by atoms with Crippen LogP contribution in [0.15, 0.2) is 97.7 Å². The number of hydrogen-bond donors (Lipinski definition) is 0. The van der Waals surface area contributed by atoms with Crippen LogP contribution >= 0.6 is 38.8 Å². The second-order valence-electron chi connectivity index (χ2n) is 8.17. The number of aryl methyl sites for hydroxylation is 2. The molecule has 6 rings (SSSR count). The molecule has 4 nitrogen and oxygen atoms in total. The lowest BCUT2D eigenvalue weighted by atomic mass is 10.1. The summed E-state index contributed by atoms with van der Waals surface area (Å²) in [6.07, 6.45) is 2.47. The van der Waals surface area contributed by atoms with Crippen LogP contribution in [0.1, 0.15) is 18.1 Å². The lowest BCUT2D eigenvalue weighted by Crippen LogP contribution is -1.86. The fraction of sp³-hybridized carbons (Fsp3) is 0.103. The van der Waals surface area contributed by atoms with Gasteiger partial charge in [0, 0.05) is 10.0 Å². The summed E-state index contributed by atoms with van der Waals surface area (Å²) in [4.78, 5) is 5.56. The minimum absolute atomic E-state index is 0.230. The van der Waals surface area contributed by atoms with Crippen molar-refractivity contribution in [2.75, 3.05) is 0 Å². The Morgan fingerprint density at radius 2 is 1.76 bits per heavy atom. The predicted molar refractivity (Wildman–Crippen MR) is 152 cm³/mol. The molecule has 0 spiro atoms. The summed E-state index contributed by atoms with van der Waals surface area (Å²) in [6, 6.07) is 22.8. The van der Waals surface area contributed by atoms with E-state index in [1.807, 2.05) is 73.8 Å². The van der Waals surface area contributed by atoms with E-state index in [4.69, 9.17) is 8.83 Å². The fourth-order valence-corrected chi connectivity index (χ4v) is 5.53. The van der Waals surface area contributed by atoms with Crippen LogP contribution in [0.5, 0.6) is 0 Å². The first-order valence-corrected chi connectivity index (χ1v) is 14.0. The minimum atomic E-state index is -0.230. The van der Waals surface area contributed by atoms with E-state index in [0.717, 1.165) is 54.8 Å². The van der Waals surface area contributed by atoms with Crippen molar-refractivity contribution in [3.8, 4) is 44.1 Å². The number of halogens is 2. The summed E-state index contributed by atoms with van der Waals surface area (Å²) in [6.45, 7) is 4.06. The van der Waals surface area contributed by atoms with Gasteiger partial charge in [-0.15, -0.1) is 11.3 Å². The summed E-state index contributed by atoms with van der Waals surface area (Å²) >= 11 is 6.41. The predicted octanol–water partition coefficient (Wildman–Crippen LogP) is 9.91. The maximum absolute atomic E-state index is 14.0. The van der Waals surface area contributed by atoms with E-state index in [1.165, 1.54) is 11.5 Å². The van der Waals surface area contributed by atoms with E-state index < -0.39 is 0 Å². The molecule has 0 aliphatic rings. The molecule has 0 saturated heterocycles. The molecule has 4 aromatic heterocycles. The van der Waals surface area contributed by atoms with Gasteiger partial charge in [0.15, 0.2) is 16.6 Å². The molecule has 0 N–H and O–H groups in total. The van der Waals surface area contributed by atoms with Gasteiger partial charge in [-0.2, -0.15) is 4.37 Å². The second kappa shape index (κ2) is 11.4. The SMILES string of the molecule is CCc1ccc(-c2ccc(-c3cccs3)o2)c(F)c1.Cc1cc(Br)ccc1-c1nsc(-c2ccco2)n1. The molecule has 4 heterocycles. The third-order valence-corrected chi connectivity index (χ3v) is 7.77. The first-order valence-electron chi connectivity index (χ1n) is 11.6. The standard InChI is InChI=1S/C16H13FOS.C13H9BrN2OS/c1-2-11-5-6-12(13(17)10-11)14-7-8-15(18-14)16-4-3-9-19-16;1-8-7-9(14)4-5-10(8)12-15-13(18-16-12)11-3-2-6-17-11/h3-10H,2H2,1H3;2-7H,1H3. The zero-order valence-electron chi connectivity index (χ0n) is 20.1. The number of aromatic nitrogens is 2. The number of rotatable bonds is 5. The lowest BCUT2D eigenvalue weighted by Gasteiger charge is -2.02. The average Bonchev–Trinajstić information content (AvgIpc) is 3.70. The van der Waals surface area contributed by atoms with Crippen molar-refractivity contribution < 1.29 is 13.2 Å². The highest BCUT2D eigenvalue weighted by Crippen LogP contribution is 2.32. The summed E-state index contributed by atoms with van der Waals surface area (Å²) in [7, 11) is 0. The van der Waals surface area contributed by atoms with E-state index in [2.05, 4.69) is 31.4 Å². The molecule has 0 amide bonds. The number of benzene rings is 2. The molecule has 0 atom stereocenters. The molecule has 0 fully saturated rings. The van der Waals surface area contributed by atoms with Crippen molar-refractivity contribution in [2.24, 2.45) is 0 Å². The first-order chi connectivity index (χ1) is 18.0. The lowest BCUT2D eigenvalue weighted by molar-refractivity contribution is 0.581. The molecular weight excluding hydrogens is 571 g/mol. The number of furan rings is 2. The van der Waals surface area contributed by atoms with Crippen molar-refractivity contribution in [1.29, 1.82) is 0 Å². The van der Waals surface area contributed by atoms with Gasteiger partial charge in [-0.25, -0.2) is 9.37 Å². The molecule has 6 aromatic rings. The molecule has 0 aliphatic heterocycles. The molecular formula is C29H22BrFN2O2S2. The van der Waals surface area contributed by atoms with E-state index in [1.54, 1.807) is 29.7 Å². The Hall–Kier alpha value is -3.33. The van der Waals surface area contributed by atoms with Gasteiger partial charge in [0.05, 0.1) is 16.7 Å². The van der Waals surface area contributed by atoms with Gasteiger partial charge in [0.1, 0.15) is 17.3 Å². The normalized spacial score (nSPS) is 10.8. The van der Waals surface area contributed by atoms with Crippen molar-refractivity contribution in [2.45, 2.75) is 20.3 Å². The Morgan fingerprint density at radius 3 is 2.46 bits per heavy atom. The Bertz CT molecular complexity index is 1600. The van der Waals surface area contributed by atoms with Gasteiger partial charge in [-0.3, -0.25) is 0 Å². The van der Waals surface area contributed by atoms with Gasteiger partial charge in [0.2, 0.25) is 0 Å². The molecule has 0 radical (unpaired) electrons. The van der Waals surface area contributed by atoms with Crippen LogP contribution in [0.2, 0.25) is 0 Å². The van der Waals surface area contributed by atoms with Crippen molar-refractivity contribution in [3.05, 3.63) is 106 Å². The highest BCUT2D eigenvalue weighted by atomic mass is 79.9. The molecule has 8 heteroatoms. The van der Waals surface area contributed by atoms with Crippen LogP contribution in [0, 0.1) is 12.7 Å². The Labute approximate surface area is 230 Å². The van der Waals surface area contributed by atoms with E-state index in [0.29, 0.717) is 11.3 Å². The van der Waals surface area contributed by atoms with Crippen molar-refractivity contribution >= 4 is 38.8 Å². The minimum Gasteiger partial charge on any atom is -0.462 e. The Kier molecular flexibility index (Phi) is 7.79. The van der Waals surface area contributed by atoms with E-state index in [9.17, 15) is 4.39 Å². The molecule has 37 heavy (non-hydrogen) atoms. The average molecular weight is 594 g/mol. The van der Waals surface area contributed by atoms with Gasteiger partial charge >= 0.3 is 0 Å². The highest BCUT2D eigenvalue weighted by molar-refractivity contribution is 9.10. The third kappa shape index (κ3) is 5.82. The van der Waals surface area contributed by atoms with Gasteiger partial charge in [-0.05, 0) is 102 Å². The summed E-state index contributed by atoms with van der Waals surface area (Å²) in [5.74, 6) is 2.63. The maximum atomic E-state index is 14.0. The third-order valence-electron chi connectivity index (χ3n) is 5.66. The molecule has 0 aliphatic carbocycles. The number of nitrogens with zero attached hydrogens (tertiary/aromatic N) is 2. The van der Waals surface area contributed by atoms with Crippen LogP contribution in [0.25, 0.3) is 44.1 Å². The molecule has 2 aromatic carbocycles. The van der Waals surface area contributed by atoms with Crippen LogP contribution in [0.3, 0.4) is 0 Å². The molecule has 0 saturated carbocycles. The largest absolute Gasteiger partial charge is 0.462 e. The summed E-state index contributed by atoms with van der Waals surface area (Å²) in [5.41, 5.74) is 3.70. The van der Waals surface area contributed by atoms with Gasteiger partial charge in [-0.1, -0.05) is 35.0 Å². The summed E-state index contributed by atoms with van der Waals surface area (Å²) < 4.78 is 30.5. The van der Waals surface area contributed by atoms with Crippen LogP contribution < -0.4 is 0 Å². The van der Waals surface area contributed by atoms with Crippen LogP contribution in [-0.4, -0.2) is 9.36 Å². The molecule has 0 bridgehead atoms. The van der Waals surface area contributed by atoms with Gasteiger partial charge in [0.25, 0.3) is 0 Å². The van der Waals surface area contributed by atoms with Crippen molar-refractivity contribution in [3.63, 3.8) is 0 Å². The molecule has 186 valence electrons. The van der Waals surface area contributed by atoms with Crippen molar-refractivity contribution in [1.82, 2.24) is 9.36 Å². The molecule has 0 unspecified atom stereocenters. The summed E-state index contributed by atoms with van der Waals surface area (Å²) in [5, 5.41) is 2.80. The second-order valence-corrected chi connectivity index (χ2v) is 10.8. The fourth-order valence-electron chi connectivity index (χ4n) is 3.72. The quantitative estimate of drug-likeness (QED) is 0.200.